The third-order valence-electron chi connectivity index (χ3n) is 7.20. The van der Waals surface area contributed by atoms with Crippen molar-refractivity contribution in [3.8, 4) is 5.75 Å². The minimum absolute atomic E-state index is 0.0713. The Bertz CT molecular complexity index is 1360. The summed E-state index contributed by atoms with van der Waals surface area (Å²) >= 11 is 1.59. The van der Waals surface area contributed by atoms with Gasteiger partial charge in [0.25, 0.3) is 0 Å². The molecular formula is C29H33N3O7S. The van der Waals surface area contributed by atoms with Crippen molar-refractivity contribution in [1.29, 1.82) is 0 Å². The number of nitrogens with zero attached hydrogens (tertiary/aromatic N) is 1. The Morgan fingerprint density at radius 3 is 2.55 bits per heavy atom. The number of aliphatic hydroxyl groups is 1. The fourth-order valence-electron chi connectivity index (χ4n) is 5.11. The summed E-state index contributed by atoms with van der Waals surface area (Å²) in [7, 11) is 1.66. The number of aliphatic hydroxyl groups excluding tert-OH is 1. The summed E-state index contributed by atoms with van der Waals surface area (Å²) in [4.78, 5) is 35.4. The van der Waals surface area contributed by atoms with Gasteiger partial charge in [0.05, 0.1) is 30.2 Å². The zero-order valence-corrected chi connectivity index (χ0v) is 22.9. The average molecular weight is 568 g/mol. The molecule has 1 unspecified atom stereocenters. The van der Waals surface area contributed by atoms with E-state index in [1.54, 1.807) is 25.1 Å². The third kappa shape index (κ3) is 7.71. The van der Waals surface area contributed by atoms with Gasteiger partial charge in [0.1, 0.15) is 5.75 Å². The van der Waals surface area contributed by atoms with Crippen LogP contribution in [-0.2, 0) is 20.9 Å². The Morgan fingerprint density at radius 2 is 1.85 bits per heavy atom. The summed E-state index contributed by atoms with van der Waals surface area (Å²) in [5.41, 5.74) is 3.94. The lowest BCUT2D eigenvalue weighted by Gasteiger charge is -2.31. The normalized spacial score (nSPS) is 19.0. The molecule has 10 nitrogen and oxygen atoms in total. The van der Waals surface area contributed by atoms with E-state index in [0.29, 0.717) is 17.7 Å². The number of benzene rings is 2. The van der Waals surface area contributed by atoms with Gasteiger partial charge in [0.15, 0.2) is 0 Å². The van der Waals surface area contributed by atoms with E-state index in [1.807, 2.05) is 24.3 Å². The number of hydrogen-bond donors (Lipinski definition) is 5. The highest BCUT2D eigenvalue weighted by Gasteiger charge is 2.25. The first-order valence-electron chi connectivity index (χ1n) is 13.1. The third-order valence-corrected chi connectivity index (χ3v) is 8.27. The molecule has 1 saturated carbocycles. The van der Waals surface area contributed by atoms with Crippen LogP contribution in [0.1, 0.15) is 49.3 Å². The molecule has 0 radical (unpaired) electrons. The molecule has 0 spiro atoms. The minimum atomic E-state index is -1.82. The maximum Gasteiger partial charge on any atom is 0.414 e. The molecule has 40 heavy (non-hydrogen) atoms. The van der Waals surface area contributed by atoms with Crippen LogP contribution >= 0.6 is 11.8 Å². The number of methoxy groups -OCH3 is 1. The van der Waals surface area contributed by atoms with Crippen molar-refractivity contribution in [2.45, 2.75) is 55.7 Å². The van der Waals surface area contributed by atoms with Gasteiger partial charge in [0.2, 0.25) is 5.91 Å². The van der Waals surface area contributed by atoms with Crippen LogP contribution in [0.4, 0.5) is 5.69 Å². The molecule has 5 rings (SSSR count). The highest BCUT2D eigenvalue weighted by Crippen LogP contribution is 2.35. The van der Waals surface area contributed by atoms with E-state index in [-0.39, 0.29) is 5.91 Å². The number of ether oxygens (including phenoxy) is 1. The van der Waals surface area contributed by atoms with E-state index >= 15 is 0 Å². The molecule has 212 valence electrons. The van der Waals surface area contributed by atoms with E-state index in [9.17, 15) is 9.90 Å². The first-order valence-corrected chi connectivity index (χ1v) is 14.1. The van der Waals surface area contributed by atoms with E-state index in [0.717, 1.165) is 71.4 Å². The fraction of sp³-hybridized carbons (Fsp3) is 0.379. The molecule has 1 aliphatic carbocycles. The number of anilines is 1. The van der Waals surface area contributed by atoms with Crippen molar-refractivity contribution < 1.29 is 34.4 Å². The number of pyridine rings is 1. The van der Waals surface area contributed by atoms with Gasteiger partial charge in [-0.1, -0.05) is 6.07 Å². The Balaban J connectivity index is 0.000000557. The predicted octanol–water partition coefficient (Wildman–Crippen LogP) is 4.22. The maximum atomic E-state index is 11.7. The second-order valence-corrected chi connectivity index (χ2v) is 10.9. The lowest BCUT2D eigenvalue weighted by Crippen LogP contribution is -2.33. The van der Waals surface area contributed by atoms with Crippen molar-refractivity contribution in [3.05, 3.63) is 59.8 Å². The van der Waals surface area contributed by atoms with E-state index in [4.69, 9.17) is 24.5 Å². The van der Waals surface area contributed by atoms with Crippen molar-refractivity contribution in [2.75, 3.05) is 18.2 Å². The molecule has 1 aromatic heterocycles. The number of amides is 1. The summed E-state index contributed by atoms with van der Waals surface area (Å²) in [5.74, 6) is -1.79. The first-order chi connectivity index (χ1) is 19.2. The van der Waals surface area contributed by atoms with Crippen LogP contribution in [0.15, 0.2) is 53.6 Å². The zero-order valence-electron chi connectivity index (χ0n) is 22.1. The van der Waals surface area contributed by atoms with E-state index in [2.05, 4.69) is 33.8 Å². The molecule has 2 heterocycles. The molecule has 11 heteroatoms. The fourth-order valence-corrected chi connectivity index (χ4v) is 5.90. The summed E-state index contributed by atoms with van der Waals surface area (Å²) in [6.07, 6.45) is 6.48. The highest BCUT2D eigenvalue weighted by molar-refractivity contribution is 8.00. The smallest absolute Gasteiger partial charge is 0.414 e. The number of rotatable bonds is 7. The molecule has 0 saturated heterocycles. The van der Waals surface area contributed by atoms with Gasteiger partial charge in [-0.2, -0.15) is 0 Å². The number of thioether (sulfide) groups is 1. The largest absolute Gasteiger partial charge is 0.497 e. The van der Waals surface area contributed by atoms with Crippen LogP contribution in [0.3, 0.4) is 0 Å². The lowest BCUT2D eigenvalue weighted by molar-refractivity contribution is -0.159. The summed E-state index contributed by atoms with van der Waals surface area (Å²) in [6, 6.07) is 14.6. The number of carbonyl (C=O) groups is 3. The topological polar surface area (TPSA) is 158 Å². The monoisotopic (exact) mass is 567 g/mol. The van der Waals surface area contributed by atoms with Crippen LogP contribution in [0.2, 0.25) is 0 Å². The number of hydrogen-bond acceptors (Lipinski definition) is 8. The summed E-state index contributed by atoms with van der Waals surface area (Å²) in [5, 5.41) is 33.5. The first kappa shape index (κ1) is 29.3. The Labute approximate surface area is 236 Å². The van der Waals surface area contributed by atoms with Crippen molar-refractivity contribution in [1.82, 2.24) is 10.3 Å². The van der Waals surface area contributed by atoms with Crippen molar-refractivity contribution in [3.63, 3.8) is 0 Å². The molecule has 3 aromatic rings. The SMILES string of the molecule is COc1ccc2nccc(C(O)CC3CCC(NCc4ccc5c(c4)NC(=O)CS5)CC3)c2c1.O=C(O)C(=O)O. The van der Waals surface area contributed by atoms with Gasteiger partial charge < -0.3 is 30.7 Å². The average Bonchev–Trinajstić information content (AvgIpc) is 2.96. The van der Waals surface area contributed by atoms with Crippen molar-refractivity contribution >= 4 is 46.2 Å². The van der Waals surface area contributed by atoms with E-state index in [1.165, 1.54) is 5.56 Å². The van der Waals surface area contributed by atoms with Gasteiger partial charge in [-0.15, -0.1) is 11.8 Å². The lowest BCUT2D eigenvalue weighted by atomic mass is 9.81. The molecule has 1 atom stereocenters. The van der Waals surface area contributed by atoms with Crippen LogP contribution in [0.5, 0.6) is 5.75 Å². The second-order valence-electron chi connectivity index (χ2n) is 9.91. The molecule has 2 aliphatic rings. The Kier molecular flexibility index (Phi) is 9.97. The summed E-state index contributed by atoms with van der Waals surface area (Å²) in [6.45, 7) is 0.802. The second kappa shape index (κ2) is 13.6. The van der Waals surface area contributed by atoms with Crippen LogP contribution in [0, 0.1) is 5.92 Å². The number of aromatic nitrogens is 1. The van der Waals surface area contributed by atoms with Crippen LogP contribution < -0.4 is 15.4 Å². The maximum absolute atomic E-state index is 11.7. The molecule has 0 bridgehead atoms. The van der Waals surface area contributed by atoms with Gasteiger partial charge >= 0.3 is 11.9 Å². The van der Waals surface area contributed by atoms with Gasteiger partial charge in [-0.05, 0) is 85.5 Å². The van der Waals surface area contributed by atoms with Crippen molar-refractivity contribution in [2.24, 2.45) is 5.92 Å². The number of aliphatic carboxylic acids is 2. The van der Waals surface area contributed by atoms with Crippen LogP contribution in [-0.4, -0.2) is 57.1 Å². The molecule has 1 aliphatic heterocycles. The number of nitrogens with one attached hydrogen (secondary N) is 2. The number of carbonyl (C=O) groups excluding carboxylic acids is 1. The van der Waals surface area contributed by atoms with E-state index < -0.39 is 18.0 Å². The Morgan fingerprint density at radius 1 is 1.10 bits per heavy atom. The summed E-state index contributed by atoms with van der Waals surface area (Å²) < 4.78 is 5.37. The number of fused-ring (bicyclic) bond motifs is 2. The van der Waals surface area contributed by atoms with Gasteiger partial charge in [-0.25, -0.2) is 9.59 Å². The van der Waals surface area contributed by atoms with Gasteiger partial charge in [-0.3, -0.25) is 9.78 Å². The number of carboxylic acids is 2. The zero-order chi connectivity index (χ0) is 28.6. The highest BCUT2D eigenvalue weighted by atomic mass is 32.2. The van der Waals surface area contributed by atoms with Crippen LogP contribution in [0.25, 0.3) is 10.9 Å². The standard InChI is InChI=1S/C27H31N3O3S.C2H2O4/c1-33-20-7-8-23-22(14-20)21(10-11-28-23)25(31)13-17-2-5-19(6-3-17)29-15-18-4-9-26-24(12-18)30-27(32)16-34-26;3-1(4)2(5)6/h4,7-12,14,17,19,25,29,31H,2-3,5-6,13,15-16H2,1H3,(H,30,32);(H,3,4)(H,5,6). The molecule has 5 N–H and O–H groups in total. The molecule has 2 aromatic carbocycles. The molecule has 1 fully saturated rings. The quantitative estimate of drug-likeness (QED) is 0.262. The number of carboxylic acid groups (broad SMARTS) is 2. The predicted molar refractivity (Wildman–Crippen MR) is 152 cm³/mol. The van der Waals surface area contributed by atoms with Gasteiger partial charge in [0, 0.05) is 29.1 Å². The Hall–Kier alpha value is -3.67. The minimum Gasteiger partial charge on any atom is -0.497 e. The molecule has 1 amide bonds. The molecular weight excluding hydrogens is 534 g/mol.